The Labute approximate surface area is 140 Å². The van der Waals surface area contributed by atoms with E-state index in [0.29, 0.717) is 22.8 Å². The van der Waals surface area contributed by atoms with Gasteiger partial charge in [0, 0.05) is 13.1 Å². The van der Waals surface area contributed by atoms with Gasteiger partial charge in [-0.3, -0.25) is 4.79 Å². The molecule has 0 aromatic heterocycles. The Morgan fingerprint density at radius 1 is 1.22 bits per heavy atom. The predicted octanol–water partition coefficient (Wildman–Crippen LogP) is 3.68. The van der Waals surface area contributed by atoms with E-state index in [4.69, 9.17) is 16.9 Å². The Hall–Kier alpha value is -2.51. The maximum absolute atomic E-state index is 12.5. The number of nitriles is 1. The standard InChI is InChI=1S/C18H16ClN3O/c19-15-6-2-4-8-17(15)22-10-9-14(12-22)18(23)21-16-7-3-1-5-13(16)11-20/h1-8,14H,9-10,12H2,(H,21,23). The molecule has 1 fully saturated rings. The predicted molar refractivity (Wildman–Crippen MR) is 91.6 cm³/mol. The van der Waals surface area contributed by atoms with E-state index in [1.807, 2.05) is 24.3 Å². The molecule has 116 valence electrons. The molecule has 2 aromatic rings. The number of benzene rings is 2. The van der Waals surface area contributed by atoms with Gasteiger partial charge in [-0.2, -0.15) is 5.26 Å². The molecule has 2 aromatic carbocycles. The van der Waals surface area contributed by atoms with Crippen LogP contribution in [0.25, 0.3) is 0 Å². The summed E-state index contributed by atoms with van der Waals surface area (Å²) in [7, 11) is 0. The van der Waals surface area contributed by atoms with Gasteiger partial charge in [0.05, 0.1) is 27.9 Å². The van der Waals surface area contributed by atoms with Crippen molar-refractivity contribution in [2.45, 2.75) is 6.42 Å². The third kappa shape index (κ3) is 3.30. The fraction of sp³-hybridized carbons (Fsp3) is 0.222. The van der Waals surface area contributed by atoms with Gasteiger partial charge in [-0.25, -0.2) is 0 Å². The highest BCUT2D eigenvalue weighted by Gasteiger charge is 2.29. The van der Waals surface area contributed by atoms with E-state index in [1.54, 1.807) is 24.3 Å². The van der Waals surface area contributed by atoms with Gasteiger partial charge in [0.25, 0.3) is 0 Å². The lowest BCUT2D eigenvalue weighted by molar-refractivity contribution is -0.119. The van der Waals surface area contributed by atoms with Crippen molar-refractivity contribution in [2.75, 3.05) is 23.3 Å². The molecule has 1 atom stereocenters. The Bertz CT molecular complexity index is 769. The SMILES string of the molecule is N#Cc1ccccc1NC(=O)C1CCN(c2ccccc2Cl)C1. The first-order valence-electron chi connectivity index (χ1n) is 7.48. The summed E-state index contributed by atoms with van der Waals surface area (Å²) in [5, 5.41) is 12.7. The van der Waals surface area contributed by atoms with Crippen LogP contribution >= 0.6 is 11.6 Å². The Morgan fingerprint density at radius 3 is 2.74 bits per heavy atom. The molecule has 0 spiro atoms. The number of hydrogen-bond acceptors (Lipinski definition) is 3. The molecule has 1 N–H and O–H groups in total. The zero-order valence-electron chi connectivity index (χ0n) is 12.5. The maximum Gasteiger partial charge on any atom is 0.229 e. The molecule has 5 heteroatoms. The molecule has 23 heavy (non-hydrogen) atoms. The zero-order valence-corrected chi connectivity index (χ0v) is 13.3. The quantitative estimate of drug-likeness (QED) is 0.936. The second-order valence-electron chi connectivity index (χ2n) is 5.53. The van der Waals surface area contributed by atoms with Crippen molar-refractivity contribution in [3.63, 3.8) is 0 Å². The molecule has 1 unspecified atom stereocenters. The largest absolute Gasteiger partial charge is 0.370 e. The van der Waals surface area contributed by atoms with Crippen LogP contribution in [-0.4, -0.2) is 19.0 Å². The number of nitrogens with one attached hydrogen (secondary N) is 1. The van der Waals surface area contributed by atoms with Gasteiger partial charge in [0.1, 0.15) is 6.07 Å². The van der Waals surface area contributed by atoms with E-state index >= 15 is 0 Å². The number of carbonyl (C=O) groups is 1. The molecule has 0 saturated carbocycles. The molecular formula is C18H16ClN3O. The van der Waals surface area contributed by atoms with Crippen molar-refractivity contribution in [3.8, 4) is 6.07 Å². The van der Waals surface area contributed by atoms with Gasteiger partial charge >= 0.3 is 0 Å². The fourth-order valence-corrected chi connectivity index (χ4v) is 3.08. The smallest absolute Gasteiger partial charge is 0.229 e. The van der Waals surface area contributed by atoms with E-state index in [9.17, 15) is 4.79 Å². The Kier molecular flexibility index (Phi) is 4.50. The molecule has 0 aliphatic carbocycles. The second kappa shape index (κ2) is 6.72. The summed E-state index contributed by atoms with van der Waals surface area (Å²) in [5.74, 6) is -0.166. The van der Waals surface area contributed by atoms with Gasteiger partial charge in [0.15, 0.2) is 0 Å². The van der Waals surface area contributed by atoms with Crippen LogP contribution in [0.4, 0.5) is 11.4 Å². The normalized spacial score (nSPS) is 16.9. The maximum atomic E-state index is 12.5. The molecule has 1 saturated heterocycles. The molecule has 1 amide bonds. The number of nitrogens with zero attached hydrogens (tertiary/aromatic N) is 2. The van der Waals surface area contributed by atoms with E-state index in [2.05, 4.69) is 16.3 Å². The average Bonchev–Trinajstić information content (AvgIpc) is 3.05. The topological polar surface area (TPSA) is 56.1 Å². The van der Waals surface area contributed by atoms with Crippen molar-refractivity contribution >= 4 is 28.9 Å². The van der Waals surface area contributed by atoms with Gasteiger partial charge in [-0.05, 0) is 30.7 Å². The fourth-order valence-electron chi connectivity index (χ4n) is 2.83. The van der Waals surface area contributed by atoms with Crippen molar-refractivity contribution < 1.29 is 4.79 Å². The summed E-state index contributed by atoms with van der Waals surface area (Å²) in [6.45, 7) is 1.42. The van der Waals surface area contributed by atoms with Gasteiger partial charge in [-0.15, -0.1) is 0 Å². The number of rotatable bonds is 3. The van der Waals surface area contributed by atoms with Crippen LogP contribution in [0.15, 0.2) is 48.5 Å². The van der Waals surface area contributed by atoms with E-state index in [-0.39, 0.29) is 11.8 Å². The van der Waals surface area contributed by atoms with Gasteiger partial charge < -0.3 is 10.2 Å². The van der Waals surface area contributed by atoms with Crippen LogP contribution in [0.5, 0.6) is 0 Å². The van der Waals surface area contributed by atoms with Crippen LogP contribution in [0, 0.1) is 17.2 Å². The van der Waals surface area contributed by atoms with Crippen LogP contribution in [0.1, 0.15) is 12.0 Å². The van der Waals surface area contributed by atoms with Gasteiger partial charge in [0.2, 0.25) is 5.91 Å². The minimum atomic E-state index is -0.113. The zero-order chi connectivity index (χ0) is 16.2. The van der Waals surface area contributed by atoms with E-state index < -0.39 is 0 Å². The average molecular weight is 326 g/mol. The minimum Gasteiger partial charge on any atom is -0.370 e. The lowest BCUT2D eigenvalue weighted by Crippen LogP contribution is -2.27. The summed E-state index contributed by atoms with van der Waals surface area (Å²) < 4.78 is 0. The number of amides is 1. The molecule has 3 rings (SSSR count). The lowest BCUT2D eigenvalue weighted by Gasteiger charge is -2.19. The third-order valence-electron chi connectivity index (χ3n) is 4.06. The van der Waals surface area contributed by atoms with E-state index in [0.717, 1.165) is 18.7 Å². The van der Waals surface area contributed by atoms with Crippen LogP contribution in [0.2, 0.25) is 5.02 Å². The number of carbonyl (C=O) groups excluding carboxylic acids is 1. The number of anilines is 2. The minimum absolute atomic E-state index is 0.0535. The highest BCUT2D eigenvalue weighted by molar-refractivity contribution is 6.33. The molecule has 0 bridgehead atoms. The summed E-state index contributed by atoms with van der Waals surface area (Å²) in [4.78, 5) is 14.6. The van der Waals surface area contributed by atoms with Crippen molar-refractivity contribution in [2.24, 2.45) is 5.92 Å². The molecule has 4 nitrogen and oxygen atoms in total. The van der Waals surface area contributed by atoms with Gasteiger partial charge in [-0.1, -0.05) is 35.9 Å². The number of hydrogen-bond donors (Lipinski definition) is 1. The van der Waals surface area contributed by atoms with Crippen LogP contribution < -0.4 is 10.2 Å². The number of para-hydroxylation sites is 2. The Morgan fingerprint density at radius 2 is 1.96 bits per heavy atom. The summed E-state index contributed by atoms with van der Waals surface area (Å²) in [6, 6.07) is 16.8. The molecule has 1 heterocycles. The first-order valence-corrected chi connectivity index (χ1v) is 7.86. The molecular weight excluding hydrogens is 310 g/mol. The highest BCUT2D eigenvalue weighted by Crippen LogP contribution is 2.30. The Balaban J connectivity index is 1.69. The summed E-state index contributed by atoms with van der Waals surface area (Å²) in [6.07, 6.45) is 0.770. The molecule has 0 radical (unpaired) electrons. The molecule has 1 aliphatic heterocycles. The summed E-state index contributed by atoms with van der Waals surface area (Å²) in [5.41, 5.74) is 2.00. The van der Waals surface area contributed by atoms with E-state index in [1.165, 1.54) is 0 Å². The number of halogens is 1. The first kappa shape index (κ1) is 15.4. The monoisotopic (exact) mass is 325 g/mol. The lowest BCUT2D eigenvalue weighted by atomic mass is 10.1. The first-order chi connectivity index (χ1) is 11.2. The van der Waals surface area contributed by atoms with Crippen molar-refractivity contribution in [1.29, 1.82) is 5.26 Å². The van der Waals surface area contributed by atoms with Crippen molar-refractivity contribution in [1.82, 2.24) is 0 Å². The summed E-state index contributed by atoms with van der Waals surface area (Å²) >= 11 is 6.22. The third-order valence-corrected chi connectivity index (χ3v) is 4.38. The van der Waals surface area contributed by atoms with Crippen molar-refractivity contribution in [3.05, 3.63) is 59.1 Å². The van der Waals surface area contributed by atoms with Crippen LogP contribution in [0.3, 0.4) is 0 Å². The highest BCUT2D eigenvalue weighted by atomic mass is 35.5. The van der Waals surface area contributed by atoms with Crippen LogP contribution in [-0.2, 0) is 4.79 Å². The molecule has 1 aliphatic rings. The second-order valence-corrected chi connectivity index (χ2v) is 5.94.